The Balaban J connectivity index is 2.09. The van der Waals surface area contributed by atoms with E-state index in [-0.39, 0.29) is 24.0 Å². The van der Waals surface area contributed by atoms with E-state index in [0.29, 0.717) is 18.0 Å². The van der Waals surface area contributed by atoms with Crippen molar-refractivity contribution in [2.24, 2.45) is 5.92 Å². The molecule has 2 rings (SSSR count). The Labute approximate surface area is 136 Å². The lowest BCUT2D eigenvalue weighted by Crippen LogP contribution is -2.48. The van der Waals surface area contributed by atoms with Crippen LogP contribution in [0.3, 0.4) is 0 Å². The number of nitrogens with one attached hydrogen (secondary N) is 3. The van der Waals surface area contributed by atoms with Crippen molar-refractivity contribution >= 4 is 15.9 Å². The highest BCUT2D eigenvalue weighted by Gasteiger charge is 2.20. The maximum atomic E-state index is 12.3. The van der Waals surface area contributed by atoms with Crippen LogP contribution in [0, 0.1) is 12.8 Å². The first-order valence-corrected chi connectivity index (χ1v) is 9.00. The summed E-state index contributed by atoms with van der Waals surface area (Å²) in [5.74, 6) is 0.199. The highest BCUT2D eigenvalue weighted by Crippen LogP contribution is 2.16. The van der Waals surface area contributed by atoms with Crippen molar-refractivity contribution in [1.82, 2.24) is 15.4 Å². The van der Waals surface area contributed by atoms with Crippen LogP contribution >= 0.6 is 0 Å². The summed E-state index contributed by atoms with van der Waals surface area (Å²) in [5.41, 5.74) is 1.12. The average molecular weight is 341 g/mol. The average Bonchev–Trinajstić information content (AvgIpc) is 2.45. The number of carbonyl (C=O) groups is 1. The van der Waals surface area contributed by atoms with E-state index in [1.807, 2.05) is 0 Å². The molecule has 0 atom stereocenters. The predicted octanol–water partition coefficient (Wildman–Crippen LogP) is -0.131. The fourth-order valence-corrected chi connectivity index (χ4v) is 3.24. The van der Waals surface area contributed by atoms with Gasteiger partial charge < -0.3 is 15.4 Å². The van der Waals surface area contributed by atoms with Crippen LogP contribution in [-0.4, -0.2) is 54.2 Å². The number of methoxy groups -OCH3 is 1. The van der Waals surface area contributed by atoms with E-state index in [4.69, 9.17) is 4.74 Å². The molecule has 1 aliphatic rings. The van der Waals surface area contributed by atoms with Gasteiger partial charge in [-0.3, -0.25) is 4.79 Å². The van der Waals surface area contributed by atoms with Gasteiger partial charge in [-0.25, -0.2) is 13.1 Å². The number of benzene rings is 1. The van der Waals surface area contributed by atoms with Crippen molar-refractivity contribution in [3.8, 4) is 0 Å². The van der Waals surface area contributed by atoms with Crippen LogP contribution in [-0.2, 0) is 14.8 Å². The topological polar surface area (TPSA) is 96.5 Å². The number of rotatable bonds is 8. The Morgan fingerprint density at radius 2 is 2.13 bits per heavy atom. The van der Waals surface area contributed by atoms with Crippen LogP contribution in [0.25, 0.3) is 0 Å². The molecule has 1 heterocycles. The first-order valence-electron chi connectivity index (χ1n) is 7.52. The molecule has 0 spiro atoms. The maximum Gasteiger partial charge on any atom is 0.251 e. The van der Waals surface area contributed by atoms with Crippen LogP contribution < -0.4 is 15.4 Å². The minimum absolute atomic E-state index is 0.0784. The minimum atomic E-state index is -3.65. The lowest BCUT2D eigenvalue weighted by atomic mass is 10.0. The quantitative estimate of drug-likeness (QED) is 0.572. The third-order valence-corrected chi connectivity index (χ3v) is 5.24. The monoisotopic (exact) mass is 341 g/mol. The molecule has 8 heteroatoms. The SMILES string of the molecule is COCCNS(=O)(=O)c1ccc(C)c(C(=O)NCC2CNC2)c1. The third kappa shape index (κ3) is 4.74. The zero-order valence-corrected chi connectivity index (χ0v) is 14.2. The van der Waals surface area contributed by atoms with Crippen molar-refractivity contribution in [2.75, 3.05) is 39.9 Å². The summed E-state index contributed by atoms with van der Waals surface area (Å²) in [4.78, 5) is 12.4. The molecule has 0 aromatic heterocycles. The number of hydrogen-bond donors (Lipinski definition) is 3. The Bertz CT molecular complexity index is 657. The van der Waals surface area contributed by atoms with E-state index in [1.165, 1.54) is 19.2 Å². The van der Waals surface area contributed by atoms with Gasteiger partial charge in [0.25, 0.3) is 5.91 Å². The molecular weight excluding hydrogens is 318 g/mol. The molecule has 23 heavy (non-hydrogen) atoms. The number of aryl methyl sites for hydroxylation is 1. The number of hydrogen-bond acceptors (Lipinski definition) is 5. The van der Waals surface area contributed by atoms with Gasteiger partial charge in [-0.15, -0.1) is 0 Å². The Morgan fingerprint density at radius 3 is 2.74 bits per heavy atom. The number of ether oxygens (including phenoxy) is 1. The number of amides is 1. The largest absolute Gasteiger partial charge is 0.383 e. The van der Waals surface area contributed by atoms with Crippen LogP contribution in [0.5, 0.6) is 0 Å². The maximum absolute atomic E-state index is 12.3. The van der Waals surface area contributed by atoms with Crippen LogP contribution in [0.4, 0.5) is 0 Å². The molecule has 1 amide bonds. The summed E-state index contributed by atoms with van der Waals surface area (Å²) in [6, 6.07) is 4.56. The molecule has 0 unspecified atom stereocenters. The van der Waals surface area contributed by atoms with Gasteiger partial charge in [0.2, 0.25) is 10.0 Å². The molecular formula is C15H23N3O4S. The van der Waals surface area contributed by atoms with Crippen molar-refractivity contribution in [3.05, 3.63) is 29.3 Å². The van der Waals surface area contributed by atoms with E-state index in [0.717, 1.165) is 18.7 Å². The van der Waals surface area contributed by atoms with Gasteiger partial charge >= 0.3 is 0 Å². The van der Waals surface area contributed by atoms with Crippen molar-refractivity contribution < 1.29 is 17.9 Å². The Hall–Kier alpha value is -1.48. The fraction of sp³-hybridized carbons (Fsp3) is 0.533. The summed E-state index contributed by atoms with van der Waals surface area (Å²) in [6.07, 6.45) is 0. The molecule has 0 bridgehead atoms. The summed E-state index contributed by atoms with van der Waals surface area (Å²) in [7, 11) is -2.15. The van der Waals surface area contributed by atoms with E-state index in [9.17, 15) is 13.2 Å². The van der Waals surface area contributed by atoms with Gasteiger partial charge in [-0.2, -0.15) is 0 Å². The van der Waals surface area contributed by atoms with Crippen molar-refractivity contribution in [2.45, 2.75) is 11.8 Å². The second-order valence-electron chi connectivity index (χ2n) is 5.60. The van der Waals surface area contributed by atoms with Crippen LogP contribution in [0.2, 0.25) is 0 Å². The number of sulfonamides is 1. The van der Waals surface area contributed by atoms with Crippen molar-refractivity contribution in [3.63, 3.8) is 0 Å². The van der Waals surface area contributed by atoms with Gasteiger partial charge in [0, 0.05) is 44.8 Å². The third-order valence-electron chi connectivity index (χ3n) is 3.78. The zero-order valence-electron chi connectivity index (χ0n) is 13.4. The van der Waals surface area contributed by atoms with Crippen LogP contribution in [0.1, 0.15) is 15.9 Å². The van der Waals surface area contributed by atoms with Gasteiger partial charge in [-0.1, -0.05) is 6.07 Å². The molecule has 1 aliphatic heterocycles. The van der Waals surface area contributed by atoms with Gasteiger partial charge in [0.15, 0.2) is 0 Å². The highest BCUT2D eigenvalue weighted by atomic mass is 32.2. The van der Waals surface area contributed by atoms with Gasteiger partial charge in [-0.05, 0) is 24.6 Å². The molecule has 1 aromatic carbocycles. The molecule has 0 radical (unpaired) electrons. The fourth-order valence-electron chi connectivity index (χ4n) is 2.20. The minimum Gasteiger partial charge on any atom is -0.383 e. The molecule has 0 saturated carbocycles. The molecule has 3 N–H and O–H groups in total. The van der Waals surface area contributed by atoms with Crippen LogP contribution in [0.15, 0.2) is 23.1 Å². The number of carbonyl (C=O) groups excluding carboxylic acids is 1. The molecule has 1 fully saturated rings. The predicted molar refractivity (Wildman–Crippen MR) is 86.9 cm³/mol. The van der Waals surface area contributed by atoms with Gasteiger partial charge in [0.05, 0.1) is 11.5 Å². The van der Waals surface area contributed by atoms with E-state index in [1.54, 1.807) is 13.0 Å². The Kier molecular flexibility index (Phi) is 6.11. The smallest absolute Gasteiger partial charge is 0.251 e. The first kappa shape index (κ1) is 17.9. The van der Waals surface area contributed by atoms with Crippen molar-refractivity contribution in [1.29, 1.82) is 0 Å². The summed E-state index contributed by atoms with van der Waals surface area (Å²) in [5, 5.41) is 6.00. The standard InChI is InChI=1S/C15H23N3O4S/c1-11-3-4-13(23(20,21)18-5-6-22-2)7-14(11)15(19)17-10-12-8-16-9-12/h3-4,7,12,16,18H,5-6,8-10H2,1-2H3,(H,17,19). The van der Waals surface area contributed by atoms with E-state index < -0.39 is 10.0 Å². The Morgan fingerprint density at radius 1 is 1.39 bits per heavy atom. The molecule has 1 saturated heterocycles. The highest BCUT2D eigenvalue weighted by molar-refractivity contribution is 7.89. The summed E-state index contributed by atoms with van der Waals surface area (Å²) in [6.45, 7) is 4.65. The normalized spacial score (nSPS) is 15.2. The van der Waals surface area contributed by atoms with E-state index >= 15 is 0 Å². The molecule has 7 nitrogen and oxygen atoms in total. The molecule has 1 aromatic rings. The van der Waals surface area contributed by atoms with Gasteiger partial charge in [0.1, 0.15) is 0 Å². The molecule has 0 aliphatic carbocycles. The second-order valence-corrected chi connectivity index (χ2v) is 7.37. The summed E-state index contributed by atoms with van der Waals surface area (Å²) >= 11 is 0. The zero-order chi connectivity index (χ0) is 16.9. The molecule has 128 valence electrons. The first-order chi connectivity index (χ1) is 10.9. The summed E-state index contributed by atoms with van der Waals surface area (Å²) < 4.78 is 31.7. The lowest BCUT2D eigenvalue weighted by Gasteiger charge is -2.27. The lowest BCUT2D eigenvalue weighted by molar-refractivity contribution is 0.0941. The van der Waals surface area contributed by atoms with E-state index in [2.05, 4.69) is 15.4 Å². The second kappa shape index (κ2) is 7.87.